The lowest BCUT2D eigenvalue weighted by atomic mass is 9.52. The van der Waals surface area contributed by atoms with Gasteiger partial charge in [0.1, 0.15) is 29.3 Å². The highest BCUT2D eigenvalue weighted by Crippen LogP contribution is 2.58. The number of hydrogen-bond acceptors (Lipinski definition) is 10. The number of fused-ring (bicyclic) bond motifs is 1. The fourth-order valence-corrected chi connectivity index (χ4v) is 9.79. The molecule has 3 saturated carbocycles. The van der Waals surface area contributed by atoms with Crippen molar-refractivity contribution in [3.8, 4) is 0 Å². The number of carbonyl (C=O) groups excluding carboxylic acids is 2. The van der Waals surface area contributed by atoms with Crippen LogP contribution in [0.5, 0.6) is 0 Å². The van der Waals surface area contributed by atoms with Gasteiger partial charge in [-0.25, -0.2) is 25.1 Å². The maximum Gasteiger partial charge on any atom is 0.326 e. The minimum atomic E-state index is -3.78. The molecule has 0 radical (unpaired) electrons. The number of hydrogen-bond donors (Lipinski definition) is 3. The molecule has 3 fully saturated rings. The molecular weight excluding hydrogens is 609 g/mol. The Morgan fingerprint density at radius 2 is 1.59 bits per heavy atom. The Morgan fingerprint density at radius 1 is 0.978 bits per heavy atom. The average Bonchev–Trinajstić information content (AvgIpc) is 3.36. The molecule has 13 nitrogen and oxygen atoms in total. The maximum absolute atomic E-state index is 14.6. The van der Waals surface area contributed by atoms with Crippen molar-refractivity contribution in [2.24, 2.45) is 17.3 Å². The van der Waals surface area contributed by atoms with E-state index in [1.807, 2.05) is 6.92 Å². The van der Waals surface area contributed by atoms with Gasteiger partial charge >= 0.3 is 11.9 Å². The number of nitrogen functional groups attached to an aromatic ring is 1. The summed E-state index contributed by atoms with van der Waals surface area (Å²) in [7, 11) is -3.78. The normalized spacial score (nSPS) is 20.9. The van der Waals surface area contributed by atoms with Gasteiger partial charge in [0.05, 0.1) is 32.2 Å². The monoisotopic (exact) mass is 661 g/mol. The van der Waals surface area contributed by atoms with Crippen molar-refractivity contribution in [2.75, 3.05) is 25.3 Å². The molecule has 3 aliphatic rings. The number of nitrogens with one attached hydrogen (secondary N) is 2. The minimum Gasteiger partial charge on any atom is -0.464 e. The van der Waals surface area contributed by atoms with Crippen molar-refractivity contribution in [1.29, 1.82) is 0 Å². The highest BCUT2D eigenvalue weighted by Gasteiger charge is 2.49. The smallest absolute Gasteiger partial charge is 0.326 e. The molecule has 4 N–H and O–H groups in total. The molecule has 256 valence electrons. The molecule has 46 heavy (non-hydrogen) atoms. The van der Waals surface area contributed by atoms with Crippen LogP contribution in [-0.4, -0.2) is 68.2 Å². The molecule has 0 bridgehead atoms. The predicted octanol–water partition coefficient (Wildman–Crippen LogP) is 4.95. The molecule has 0 aliphatic heterocycles. The first-order chi connectivity index (χ1) is 21.7. The molecule has 1 spiro atoms. The third-order valence-electron chi connectivity index (χ3n) is 9.85. The van der Waals surface area contributed by atoms with Gasteiger partial charge in [-0.05, 0) is 90.4 Å². The van der Waals surface area contributed by atoms with Crippen LogP contribution in [0.3, 0.4) is 0 Å². The van der Waals surface area contributed by atoms with Gasteiger partial charge in [0.25, 0.3) is 0 Å². The van der Waals surface area contributed by atoms with Crippen LogP contribution >= 0.6 is 7.44 Å². The molecule has 2 aromatic rings. The zero-order valence-electron chi connectivity index (χ0n) is 28.0. The Hall–Kier alpha value is -2.60. The Kier molecular flexibility index (Phi) is 10.5. The van der Waals surface area contributed by atoms with Gasteiger partial charge < -0.3 is 24.5 Å². The summed E-state index contributed by atoms with van der Waals surface area (Å²) in [5, 5.41) is 6.03. The van der Waals surface area contributed by atoms with Gasteiger partial charge in [-0.3, -0.25) is 14.2 Å². The van der Waals surface area contributed by atoms with E-state index >= 15 is 0 Å². The molecule has 0 amide bonds. The third-order valence-corrected chi connectivity index (χ3v) is 12.2. The summed E-state index contributed by atoms with van der Waals surface area (Å²) in [6.45, 7) is 9.40. The highest BCUT2D eigenvalue weighted by atomic mass is 31.2. The van der Waals surface area contributed by atoms with Gasteiger partial charge in [-0.1, -0.05) is 25.7 Å². The Morgan fingerprint density at radius 3 is 2.17 bits per heavy atom. The van der Waals surface area contributed by atoms with Crippen molar-refractivity contribution >= 4 is 36.4 Å². The van der Waals surface area contributed by atoms with Crippen molar-refractivity contribution in [2.45, 2.75) is 123 Å². The molecule has 14 heteroatoms. The topological polar surface area (TPSA) is 173 Å². The number of anilines is 1. The first-order valence-corrected chi connectivity index (χ1v) is 18.6. The Balaban J connectivity index is 1.23. The SMILES string of the molecule is C[C@H](Cn1cnc2c(N)ncnc21)OCP(=O)(NC(C)(C)C(=O)OCC1CCCCC1)NC(C)(C)C(=O)OCC1CC2(CCC2)C1. The summed E-state index contributed by atoms with van der Waals surface area (Å²) < 4.78 is 34.0. The van der Waals surface area contributed by atoms with E-state index in [2.05, 4.69) is 25.1 Å². The van der Waals surface area contributed by atoms with E-state index < -0.39 is 36.6 Å². The molecule has 0 saturated heterocycles. The van der Waals surface area contributed by atoms with E-state index in [-0.39, 0.29) is 12.2 Å². The summed E-state index contributed by atoms with van der Waals surface area (Å²) in [5.41, 5.74) is 4.80. The Bertz CT molecular complexity index is 1430. The fraction of sp³-hybridized carbons (Fsp3) is 0.781. The molecule has 2 heterocycles. The van der Waals surface area contributed by atoms with Crippen LogP contribution in [0.4, 0.5) is 5.82 Å². The van der Waals surface area contributed by atoms with Gasteiger partial charge in [0.2, 0.25) is 7.44 Å². The number of aromatic nitrogens is 4. The fourth-order valence-electron chi connectivity index (χ4n) is 7.15. The number of nitrogens with zero attached hydrogens (tertiary/aromatic N) is 4. The molecule has 3 aliphatic carbocycles. The minimum absolute atomic E-state index is 0.279. The number of carbonyl (C=O) groups is 2. The number of ether oxygens (including phenoxy) is 3. The number of rotatable bonds is 15. The number of esters is 2. The van der Waals surface area contributed by atoms with E-state index in [9.17, 15) is 14.2 Å². The van der Waals surface area contributed by atoms with Crippen molar-refractivity contribution in [3.63, 3.8) is 0 Å². The number of nitrogens with two attached hydrogens (primary N) is 1. The first-order valence-electron chi connectivity index (χ1n) is 16.7. The van der Waals surface area contributed by atoms with Crippen LogP contribution in [0.25, 0.3) is 11.2 Å². The highest BCUT2D eigenvalue weighted by molar-refractivity contribution is 7.59. The standard InChI is InChI=1S/C32H52N7O6P/c1-22(16-39-20-36-25-26(33)34-19-35-27(25)39)45-21-46(42,37-30(2,3)28(40)43-17-23-10-7-6-8-11-23)38-31(4,5)29(41)44-18-24-14-32(15-24)12-9-13-32/h19-20,22-24H,6-18,21H2,1-5H3,(H2,33,34,35)(H2,37,38,42)/t22-,46?/m1/s1. The Labute approximate surface area is 272 Å². The van der Waals surface area contributed by atoms with Crippen molar-refractivity contribution in [3.05, 3.63) is 12.7 Å². The summed E-state index contributed by atoms with van der Waals surface area (Å²) in [6, 6.07) is 0. The van der Waals surface area contributed by atoms with Crippen LogP contribution in [0, 0.1) is 17.3 Å². The van der Waals surface area contributed by atoms with Gasteiger partial charge in [0.15, 0.2) is 11.5 Å². The largest absolute Gasteiger partial charge is 0.464 e. The zero-order chi connectivity index (χ0) is 33.2. The molecule has 5 rings (SSSR count). The van der Waals surface area contributed by atoms with Crippen LogP contribution in [0.15, 0.2) is 12.7 Å². The average molecular weight is 662 g/mol. The quantitative estimate of drug-likeness (QED) is 0.174. The van der Waals surface area contributed by atoms with Gasteiger partial charge in [-0.2, -0.15) is 0 Å². The van der Waals surface area contributed by atoms with Crippen LogP contribution in [0.2, 0.25) is 0 Å². The molecule has 2 atom stereocenters. The second-order valence-electron chi connectivity index (χ2n) is 15.0. The van der Waals surface area contributed by atoms with Crippen LogP contribution < -0.4 is 15.9 Å². The van der Waals surface area contributed by atoms with Gasteiger partial charge in [-0.15, -0.1) is 0 Å². The van der Waals surface area contributed by atoms with Crippen molar-refractivity contribution in [1.82, 2.24) is 29.7 Å². The second kappa shape index (κ2) is 13.9. The van der Waals surface area contributed by atoms with E-state index in [0.717, 1.165) is 38.5 Å². The van der Waals surface area contributed by atoms with Crippen LogP contribution in [-0.2, 0) is 34.9 Å². The number of imidazole rings is 1. The summed E-state index contributed by atoms with van der Waals surface area (Å²) >= 11 is 0. The molecule has 2 aromatic heterocycles. The van der Waals surface area contributed by atoms with Crippen LogP contribution in [0.1, 0.15) is 98.8 Å². The van der Waals surface area contributed by atoms with Gasteiger partial charge in [0, 0.05) is 0 Å². The summed E-state index contributed by atoms with van der Waals surface area (Å²) in [4.78, 5) is 39.2. The predicted molar refractivity (Wildman–Crippen MR) is 175 cm³/mol. The maximum atomic E-state index is 14.6. The summed E-state index contributed by atoms with van der Waals surface area (Å²) in [5.74, 6) is -0.0256. The lowest BCUT2D eigenvalue weighted by molar-refractivity contribution is -0.155. The summed E-state index contributed by atoms with van der Waals surface area (Å²) in [6.07, 6.45) is 13.8. The zero-order valence-corrected chi connectivity index (χ0v) is 28.9. The molecule has 0 aromatic carbocycles. The van der Waals surface area contributed by atoms with E-state index in [0.29, 0.717) is 48.2 Å². The molecular formula is C32H52N7O6P. The van der Waals surface area contributed by atoms with E-state index in [1.165, 1.54) is 32.0 Å². The third kappa shape index (κ3) is 8.27. The van der Waals surface area contributed by atoms with E-state index in [4.69, 9.17) is 19.9 Å². The van der Waals surface area contributed by atoms with E-state index in [1.54, 1.807) is 38.6 Å². The molecule has 1 unspecified atom stereocenters. The lowest BCUT2D eigenvalue weighted by Crippen LogP contribution is -2.54. The lowest BCUT2D eigenvalue weighted by Gasteiger charge is -2.54. The first kappa shape index (κ1) is 34.7. The second-order valence-corrected chi connectivity index (χ2v) is 17.2. The van der Waals surface area contributed by atoms with Crippen molar-refractivity contribution < 1.29 is 28.4 Å².